The highest BCUT2D eigenvalue weighted by Gasteiger charge is 2.22. The predicted octanol–water partition coefficient (Wildman–Crippen LogP) is -0.388. The van der Waals surface area contributed by atoms with E-state index in [2.05, 4.69) is 10.4 Å². The number of aliphatic hydroxyl groups excluding tert-OH is 1. The van der Waals surface area contributed by atoms with Gasteiger partial charge in [-0.1, -0.05) is 17.7 Å². The molecular weight excluding hydrogens is 294 g/mol. The van der Waals surface area contributed by atoms with E-state index in [0.717, 1.165) is 10.1 Å². The molecule has 1 aromatic rings. The first-order valence-electron chi connectivity index (χ1n) is 5.47. The zero-order valence-electron chi connectivity index (χ0n) is 9.78. The molecule has 0 fully saturated rings. The fourth-order valence-electron chi connectivity index (χ4n) is 1.69. The Morgan fingerprint density at radius 2 is 2.32 bits per heavy atom. The summed E-state index contributed by atoms with van der Waals surface area (Å²) in [7, 11) is -3.18. The van der Waals surface area contributed by atoms with Crippen molar-refractivity contribution in [3.63, 3.8) is 0 Å². The second-order valence-corrected chi connectivity index (χ2v) is 6.34. The van der Waals surface area contributed by atoms with Gasteiger partial charge >= 0.3 is 0 Å². The quantitative estimate of drug-likeness (QED) is 0.786. The summed E-state index contributed by atoms with van der Waals surface area (Å²) >= 11 is 5.89. The molecule has 0 aromatic carbocycles. The predicted molar refractivity (Wildman–Crippen MR) is 70.9 cm³/mol. The molecule has 0 bridgehead atoms. The molecule has 19 heavy (non-hydrogen) atoms. The first-order chi connectivity index (χ1) is 8.93. The zero-order chi connectivity index (χ0) is 14.0. The summed E-state index contributed by atoms with van der Waals surface area (Å²) in [5.74, 6) is -0.0803. The third kappa shape index (κ3) is 3.14. The first kappa shape index (κ1) is 14.0. The Morgan fingerprint density at radius 3 is 2.89 bits per heavy atom. The lowest BCUT2D eigenvalue weighted by Gasteiger charge is -2.13. The van der Waals surface area contributed by atoms with Crippen LogP contribution in [0.25, 0.3) is 0 Å². The van der Waals surface area contributed by atoms with Gasteiger partial charge in [-0.3, -0.25) is 4.79 Å². The molecule has 1 aromatic heterocycles. The van der Waals surface area contributed by atoms with E-state index in [9.17, 15) is 13.2 Å². The summed E-state index contributed by atoms with van der Waals surface area (Å²) < 4.78 is 23.5. The number of sulfone groups is 1. The SMILES string of the molecule is O=c1c(Cl)c(NC2C=CS(=O)(=O)C2)cnn1CCO. The van der Waals surface area contributed by atoms with E-state index in [4.69, 9.17) is 16.7 Å². The largest absolute Gasteiger partial charge is 0.394 e. The lowest BCUT2D eigenvalue weighted by molar-refractivity contribution is 0.266. The maximum absolute atomic E-state index is 11.8. The van der Waals surface area contributed by atoms with Gasteiger partial charge in [0.25, 0.3) is 5.56 Å². The van der Waals surface area contributed by atoms with Crippen molar-refractivity contribution in [3.05, 3.63) is 33.1 Å². The van der Waals surface area contributed by atoms with Gasteiger partial charge in [-0.2, -0.15) is 5.10 Å². The Morgan fingerprint density at radius 1 is 1.58 bits per heavy atom. The molecule has 1 atom stereocenters. The Hall–Kier alpha value is -1.38. The van der Waals surface area contributed by atoms with Crippen molar-refractivity contribution in [3.8, 4) is 0 Å². The molecule has 0 saturated carbocycles. The van der Waals surface area contributed by atoms with Crippen molar-refractivity contribution in [2.24, 2.45) is 0 Å². The van der Waals surface area contributed by atoms with Gasteiger partial charge in [0.2, 0.25) is 0 Å². The maximum Gasteiger partial charge on any atom is 0.287 e. The molecule has 1 aliphatic rings. The minimum Gasteiger partial charge on any atom is -0.394 e. The lowest BCUT2D eigenvalue weighted by atomic mass is 10.3. The second-order valence-electron chi connectivity index (χ2n) is 4.03. The topological polar surface area (TPSA) is 101 Å². The molecule has 1 aliphatic heterocycles. The second kappa shape index (κ2) is 5.32. The number of anilines is 1. The third-order valence-corrected chi connectivity index (χ3v) is 4.33. The Balaban J connectivity index is 2.21. The minimum absolute atomic E-state index is 0.0521. The van der Waals surface area contributed by atoms with Gasteiger partial charge in [0.05, 0.1) is 36.8 Å². The van der Waals surface area contributed by atoms with Crippen LogP contribution in [0.4, 0.5) is 5.69 Å². The first-order valence-corrected chi connectivity index (χ1v) is 7.56. The van der Waals surface area contributed by atoms with Crippen LogP contribution in [0, 0.1) is 0 Å². The summed E-state index contributed by atoms with van der Waals surface area (Å²) in [6.07, 6.45) is 2.82. The highest BCUT2D eigenvalue weighted by Crippen LogP contribution is 2.19. The Kier molecular flexibility index (Phi) is 3.93. The number of hydrogen-bond donors (Lipinski definition) is 2. The van der Waals surface area contributed by atoms with E-state index in [1.807, 2.05) is 0 Å². The molecular formula is C10H12ClN3O4S. The third-order valence-electron chi connectivity index (χ3n) is 2.57. The minimum atomic E-state index is -3.18. The van der Waals surface area contributed by atoms with Crippen molar-refractivity contribution in [2.45, 2.75) is 12.6 Å². The number of nitrogens with one attached hydrogen (secondary N) is 1. The number of halogens is 1. The zero-order valence-corrected chi connectivity index (χ0v) is 11.4. The molecule has 0 spiro atoms. The molecule has 9 heteroatoms. The standard InChI is InChI=1S/C10H12ClN3O4S/c11-9-8(5-12-14(2-3-15)10(9)16)13-7-1-4-19(17,18)6-7/h1,4-5,7,13,15H,2-3,6H2. The van der Waals surface area contributed by atoms with E-state index >= 15 is 0 Å². The summed E-state index contributed by atoms with van der Waals surface area (Å²) in [5, 5.41) is 16.5. The van der Waals surface area contributed by atoms with Gasteiger partial charge in [-0.25, -0.2) is 13.1 Å². The smallest absolute Gasteiger partial charge is 0.287 e. The van der Waals surface area contributed by atoms with Crippen LogP contribution >= 0.6 is 11.6 Å². The highest BCUT2D eigenvalue weighted by molar-refractivity contribution is 7.94. The van der Waals surface area contributed by atoms with E-state index in [1.165, 1.54) is 12.3 Å². The maximum atomic E-state index is 11.8. The van der Waals surface area contributed by atoms with Gasteiger partial charge in [0.1, 0.15) is 5.02 Å². The van der Waals surface area contributed by atoms with Gasteiger partial charge < -0.3 is 10.4 Å². The Labute approximate surface area is 114 Å². The molecule has 7 nitrogen and oxygen atoms in total. The van der Waals surface area contributed by atoms with Gasteiger partial charge in [-0.05, 0) is 0 Å². The number of aliphatic hydroxyl groups is 1. The normalized spacial score (nSPS) is 20.6. The van der Waals surface area contributed by atoms with Crippen molar-refractivity contribution in [2.75, 3.05) is 17.7 Å². The monoisotopic (exact) mass is 305 g/mol. The van der Waals surface area contributed by atoms with Crippen LogP contribution in [-0.2, 0) is 16.4 Å². The van der Waals surface area contributed by atoms with Gasteiger partial charge in [0.15, 0.2) is 9.84 Å². The van der Waals surface area contributed by atoms with Crippen LogP contribution in [0.3, 0.4) is 0 Å². The molecule has 2 heterocycles. The highest BCUT2D eigenvalue weighted by atomic mass is 35.5. The van der Waals surface area contributed by atoms with Crippen molar-refractivity contribution in [1.82, 2.24) is 9.78 Å². The van der Waals surface area contributed by atoms with Crippen LogP contribution in [0.1, 0.15) is 0 Å². The number of hydrogen-bond acceptors (Lipinski definition) is 6. The fourth-order valence-corrected chi connectivity index (χ4v) is 3.12. The van der Waals surface area contributed by atoms with Crippen LogP contribution in [0.15, 0.2) is 22.5 Å². The lowest BCUT2D eigenvalue weighted by Crippen LogP contribution is -2.28. The number of aromatic nitrogens is 2. The van der Waals surface area contributed by atoms with E-state index in [0.29, 0.717) is 0 Å². The van der Waals surface area contributed by atoms with Crippen LogP contribution in [0.5, 0.6) is 0 Å². The van der Waals surface area contributed by atoms with Crippen LogP contribution < -0.4 is 10.9 Å². The summed E-state index contributed by atoms with van der Waals surface area (Å²) in [5.41, 5.74) is -0.266. The summed E-state index contributed by atoms with van der Waals surface area (Å²) in [4.78, 5) is 11.8. The van der Waals surface area contributed by atoms with Crippen molar-refractivity contribution < 1.29 is 13.5 Å². The van der Waals surface area contributed by atoms with E-state index in [1.54, 1.807) is 0 Å². The van der Waals surface area contributed by atoms with E-state index < -0.39 is 21.4 Å². The molecule has 2 rings (SSSR count). The fraction of sp³-hybridized carbons (Fsp3) is 0.400. The molecule has 0 amide bonds. The van der Waals surface area contributed by atoms with Crippen LogP contribution in [-0.4, -0.2) is 41.7 Å². The average molecular weight is 306 g/mol. The summed E-state index contributed by atoms with van der Waals surface area (Å²) in [6.45, 7) is -0.170. The van der Waals surface area contributed by atoms with Crippen molar-refractivity contribution >= 4 is 27.1 Å². The molecule has 0 radical (unpaired) electrons. The number of nitrogens with zero attached hydrogens (tertiary/aromatic N) is 2. The van der Waals surface area contributed by atoms with Gasteiger partial charge in [-0.15, -0.1) is 0 Å². The molecule has 104 valence electrons. The number of rotatable bonds is 4. The summed E-state index contributed by atoms with van der Waals surface area (Å²) in [6, 6.07) is -0.433. The van der Waals surface area contributed by atoms with Crippen molar-refractivity contribution in [1.29, 1.82) is 0 Å². The molecule has 1 unspecified atom stereocenters. The molecule has 0 saturated heterocycles. The average Bonchev–Trinajstić information content (AvgIpc) is 2.69. The van der Waals surface area contributed by atoms with Crippen LogP contribution in [0.2, 0.25) is 5.02 Å². The Bertz CT molecular complexity index is 668. The van der Waals surface area contributed by atoms with E-state index in [-0.39, 0.29) is 29.6 Å². The molecule has 2 N–H and O–H groups in total. The molecule has 0 aliphatic carbocycles. The van der Waals surface area contributed by atoms with Gasteiger partial charge in [0, 0.05) is 5.41 Å².